The van der Waals surface area contributed by atoms with Crippen LogP contribution in [0.3, 0.4) is 0 Å². The second-order valence-electron chi connectivity index (χ2n) is 6.35. The number of benzene rings is 1. The molecular formula is C16H23BO4. The Bertz CT molecular complexity index is 535. The van der Waals surface area contributed by atoms with Crippen LogP contribution in [0.25, 0.3) is 0 Å². The van der Waals surface area contributed by atoms with Crippen molar-refractivity contribution in [2.45, 2.75) is 52.2 Å². The van der Waals surface area contributed by atoms with E-state index in [1.807, 2.05) is 46.8 Å². The van der Waals surface area contributed by atoms with Crippen molar-refractivity contribution in [2.24, 2.45) is 0 Å². The highest BCUT2D eigenvalue weighted by Gasteiger charge is 2.52. The molecule has 0 atom stereocenters. The fourth-order valence-electron chi connectivity index (χ4n) is 2.36. The molecule has 0 N–H and O–H groups in total. The minimum atomic E-state index is -0.406. The van der Waals surface area contributed by atoms with Gasteiger partial charge < -0.3 is 14.0 Å². The first-order chi connectivity index (χ1) is 9.71. The summed E-state index contributed by atoms with van der Waals surface area (Å²) >= 11 is 0. The molecule has 1 aliphatic heterocycles. The maximum absolute atomic E-state index is 11.6. The molecule has 21 heavy (non-hydrogen) atoms. The second kappa shape index (κ2) is 5.46. The standard InChI is InChI=1S/C16H23BO4/c1-7-11-10-12(14(18)19-6)8-9-13(11)17-20-15(2,3)16(4,5)21-17/h8-10H,7H2,1-6H3. The van der Waals surface area contributed by atoms with Gasteiger partial charge in [-0.25, -0.2) is 4.79 Å². The van der Waals surface area contributed by atoms with Crippen LogP contribution in [0.15, 0.2) is 18.2 Å². The molecule has 0 unspecified atom stereocenters. The van der Waals surface area contributed by atoms with Gasteiger partial charge in [0.1, 0.15) is 0 Å². The van der Waals surface area contributed by atoms with Crippen molar-refractivity contribution in [1.29, 1.82) is 0 Å². The molecule has 1 saturated heterocycles. The third-order valence-electron chi connectivity index (χ3n) is 4.45. The van der Waals surface area contributed by atoms with E-state index in [1.165, 1.54) is 7.11 Å². The van der Waals surface area contributed by atoms with Gasteiger partial charge in [-0.05, 0) is 57.3 Å². The van der Waals surface area contributed by atoms with Crippen molar-refractivity contribution in [2.75, 3.05) is 7.11 Å². The lowest BCUT2D eigenvalue weighted by Crippen LogP contribution is -2.41. The predicted molar refractivity (Wildman–Crippen MR) is 82.9 cm³/mol. The molecule has 5 heteroatoms. The first-order valence-electron chi connectivity index (χ1n) is 7.28. The minimum Gasteiger partial charge on any atom is -0.465 e. The fraction of sp³-hybridized carbons (Fsp3) is 0.562. The summed E-state index contributed by atoms with van der Waals surface area (Å²) in [5.41, 5.74) is 1.82. The monoisotopic (exact) mass is 290 g/mol. The highest BCUT2D eigenvalue weighted by atomic mass is 16.7. The summed E-state index contributed by atoms with van der Waals surface area (Å²) in [6.07, 6.45) is 0.796. The number of ether oxygens (including phenoxy) is 1. The number of hydrogen-bond acceptors (Lipinski definition) is 4. The maximum Gasteiger partial charge on any atom is 0.495 e. The summed E-state index contributed by atoms with van der Waals surface area (Å²) in [6, 6.07) is 5.50. The van der Waals surface area contributed by atoms with Gasteiger partial charge >= 0.3 is 13.1 Å². The van der Waals surface area contributed by atoms with Gasteiger partial charge in [0.25, 0.3) is 0 Å². The van der Waals surface area contributed by atoms with Crippen LogP contribution < -0.4 is 5.46 Å². The molecule has 114 valence electrons. The first kappa shape index (κ1) is 16.1. The lowest BCUT2D eigenvalue weighted by Gasteiger charge is -2.32. The third-order valence-corrected chi connectivity index (χ3v) is 4.45. The Hall–Kier alpha value is -1.33. The summed E-state index contributed by atoms with van der Waals surface area (Å²) in [5, 5.41) is 0. The zero-order valence-corrected chi connectivity index (χ0v) is 13.6. The molecule has 0 bridgehead atoms. The number of rotatable bonds is 3. The maximum atomic E-state index is 11.6. The molecule has 0 aromatic heterocycles. The largest absolute Gasteiger partial charge is 0.495 e. The molecule has 0 aliphatic carbocycles. The number of carbonyl (C=O) groups excluding carboxylic acids is 1. The predicted octanol–water partition coefficient (Wildman–Crippen LogP) is 2.33. The average Bonchev–Trinajstić information content (AvgIpc) is 2.65. The van der Waals surface area contributed by atoms with Crippen molar-refractivity contribution < 1.29 is 18.8 Å². The van der Waals surface area contributed by atoms with Crippen LogP contribution in [-0.4, -0.2) is 31.4 Å². The number of esters is 1. The van der Waals surface area contributed by atoms with Crippen molar-refractivity contribution in [1.82, 2.24) is 0 Å². The van der Waals surface area contributed by atoms with Crippen molar-refractivity contribution >= 4 is 18.6 Å². The molecular weight excluding hydrogens is 267 g/mol. The topological polar surface area (TPSA) is 44.8 Å². The third kappa shape index (κ3) is 2.85. The van der Waals surface area contributed by atoms with Gasteiger partial charge in [0.15, 0.2) is 0 Å². The van der Waals surface area contributed by atoms with Gasteiger partial charge in [-0.3, -0.25) is 0 Å². The molecule has 0 amide bonds. The lowest BCUT2D eigenvalue weighted by atomic mass is 9.75. The van der Waals surface area contributed by atoms with Gasteiger partial charge in [0, 0.05) is 0 Å². The molecule has 0 saturated carbocycles. The molecule has 1 aromatic rings. The lowest BCUT2D eigenvalue weighted by molar-refractivity contribution is 0.00578. The Morgan fingerprint density at radius 2 is 1.76 bits per heavy atom. The van der Waals surface area contributed by atoms with E-state index in [2.05, 4.69) is 0 Å². The van der Waals surface area contributed by atoms with Crippen LogP contribution in [0.5, 0.6) is 0 Å². The van der Waals surface area contributed by atoms with Gasteiger partial charge in [-0.15, -0.1) is 0 Å². The summed E-state index contributed by atoms with van der Waals surface area (Å²) in [7, 11) is 0.979. The average molecular weight is 290 g/mol. The van der Waals surface area contributed by atoms with Crippen molar-refractivity contribution in [3.63, 3.8) is 0 Å². The summed E-state index contributed by atoms with van der Waals surface area (Å²) in [6.45, 7) is 10.2. The van der Waals surface area contributed by atoms with E-state index in [0.717, 1.165) is 17.4 Å². The zero-order valence-electron chi connectivity index (χ0n) is 13.6. The van der Waals surface area contributed by atoms with Crippen molar-refractivity contribution in [3.05, 3.63) is 29.3 Å². The van der Waals surface area contributed by atoms with Gasteiger partial charge in [-0.1, -0.05) is 13.0 Å². The minimum absolute atomic E-state index is 0.329. The Morgan fingerprint density at radius 1 is 1.19 bits per heavy atom. The van der Waals surface area contributed by atoms with Crippen molar-refractivity contribution in [3.8, 4) is 0 Å². The van der Waals surface area contributed by atoms with Gasteiger partial charge in [0.2, 0.25) is 0 Å². The quantitative estimate of drug-likeness (QED) is 0.633. The van der Waals surface area contributed by atoms with Gasteiger partial charge in [0.05, 0.1) is 23.9 Å². The summed E-state index contributed by atoms with van der Waals surface area (Å²) < 4.78 is 16.9. The SMILES string of the molecule is CCc1cc(C(=O)OC)ccc1B1OC(C)(C)C(C)(C)O1. The van der Waals surface area contributed by atoms with E-state index in [1.54, 1.807) is 6.07 Å². The smallest absolute Gasteiger partial charge is 0.465 e. The summed E-state index contributed by atoms with van der Waals surface area (Å²) in [5.74, 6) is -0.329. The normalized spacial score (nSPS) is 19.6. The van der Waals surface area contributed by atoms with E-state index in [9.17, 15) is 4.79 Å². The molecule has 1 aliphatic rings. The summed E-state index contributed by atoms with van der Waals surface area (Å²) in [4.78, 5) is 11.6. The van der Waals surface area contributed by atoms with E-state index >= 15 is 0 Å². The Labute approximate surface area is 126 Å². The zero-order chi connectivity index (χ0) is 15.8. The van der Waals surface area contributed by atoms with E-state index in [-0.39, 0.29) is 17.2 Å². The molecule has 0 spiro atoms. The molecule has 4 nitrogen and oxygen atoms in total. The number of carbonyl (C=O) groups is 1. The Kier molecular flexibility index (Phi) is 4.18. The number of aryl methyl sites for hydroxylation is 1. The Morgan fingerprint density at radius 3 is 2.24 bits per heavy atom. The van der Waals surface area contributed by atoms with E-state index < -0.39 is 7.12 Å². The highest BCUT2D eigenvalue weighted by molar-refractivity contribution is 6.62. The van der Waals surface area contributed by atoms with Crippen LogP contribution in [0.1, 0.15) is 50.5 Å². The first-order valence-corrected chi connectivity index (χ1v) is 7.28. The molecule has 0 radical (unpaired) electrons. The van der Waals surface area contributed by atoms with E-state index in [4.69, 9.17) is 14.0 Å². The van der Waals surface area contributed by atoms with Crippen LogP contribution in [0.2, 0.25) is 0 Å². The van der Waals surface area contributed by atoms with Crippen LogP contribution >= 0.6 is 0 Å². The highest BCUT2D eigenvalue weighted by Crippen LogP contribution is 2.36. The van der Waals surface area contributed by atoms with Crippen LogP contribution in [-0.2, 0) is 20.5 Å². The number of methoxy groups -OCH3 is 1. The van der Waals surface area contributed by atoms with Gasteiger partial charge in [-0.2, -0.15) is 0 Å². The number of hydrogen-bond donors (Lipinski definition) is 0. The second-order valence-corrected chi connectivity index (χ2v) is 6.35. The molecule has 1 aromatic carbocycles. The van der Waals surface area contributed by atoms with Crippen LogP contribution in [0.4, 0.5) is 0 Å². The van der Waals surface area contributed by atoms with Crippen LogP contribution in [0, 0.1) is 0 Å². The molecule has 1 heterocycles. The van der Waals surface area contributed by atoms with E-state index in [0.29, 0.717) is 5.56 Å². The fourth-order valence-corrected chi connectivity index (χ4v) is 2.36. The molecule has 1 fully saturated rings. The molecule has 2 rings (SSSR count). The Balaban J connectivity index is 2.35.